The number of hydrogen-bond acceptors (Lipinski definition) is 5. The molecule has 0 aliphatic carbocycles. The third kappa shape index (κ3) is 4.06. The van der Waals surface area contributed by atoms with Crippen LogP contribution in [-0.2, 0) is 6.54 Å². The Hall–Kier alpha value is -2.99. The summed E-state index contributed by atoms with van der Waals surface area (Å²) in [6.45, 7) is 2.72. The number of hydrogen-bond donors (Lipinski definition) is 1. The molecule has 1 N–H and O–H groups in total. The average molecular weight is 362 g/mol. The number of aromatic nitrogens is 3. The van der Waals surface area contributed by atoms with Crippen molar-refractivity contribution in [1.29, 1.82) is 0 Å². The molecule has 1 fully saturated rings. The summed E-state index contributed by atoms with van der Waals surface area (Å²) in [6.07, 6.45) is 4.40. The Bertz CT molecular complexity index is 971. The third-order valence-corrected chi connectivity index (χ3v) is 4.94. The van der Waals surface area contributed by atoms with Crippen molar-refractivity contribution in [2.24, 2.45) is 0 Å². The Morgan fingerprint density at radius 2 is 2.07 bits per heavy atom. The number of rotatable bonds is 5. The zero-order valence-corrected chi connectivity index (χ0v) is 15.3. The van der Waals surface area contributed by atoms with Gasteiger partial charge in [0.1, 0.15) is 11.6 Å². The van der Waals surface area contributed by atoms with Crippen LogP contribution >= 0.6 is 0 Å². The molecule has 4 rings (SSSR count). The topological polar surface area (TPSA) is 71.1 Å². The highest BCUT2D eigenvalue weighted by molar-refractivity contribution is 5.57. The first kappa shape index (κ1) is 17.4. The Labute approximate surface area is 157 Å². The van der Waals surface area contributed by atoms with E-state index in [4.69, 9.17) is 9.72 Å². The van der Waals surface area contributed by atoms with E-state index in [2.05, 4.69) is 27.0 Å². The molecule has 3 heterocycles. The molecule has 1 saturated heterocycles. The van der Waals surface area contributed by atoms with E-state index < -0.39 is 0 Å². The molecule has 6 heteroatoms. The highest BCUT2D eigenvalue weighted by Crippen LogP contribution is 2.27. The number of aromatic amines is 1. The summed E-state index contributed by atoms with van der Waals surface area (Å²) >= 11 is 0. The molecule has 1 aliphatic rings. The van der Waals surface area contributed by atoms with Crippen LogP contribution in [0, 0.1) is 0 Å². The minimum absolute atomic E-state index is 0.113. The van der Waals surface area contributed by atoms with Crippen molar-refractivity contribution < 1.29 is 4.74 Å². The standard InChI is InChI=1S/C21H22N4O2/c1-27-18-4-2-3-15(11-18)13-25-10-7-17(14-25)21-23-19(12-20(26)24-21)16-5-8-22-9-6-16/h2-6,8-9,11-12,17H,7,10,13-14H2,1H3,(H,23,24,26)/t17-/m0/s1. The number of ether oxygens (including phenoxy) is 1. The van der Waals surface area contributed by atoms with Crippen LogP contribution in [0.5, 0.6) is 5.75 Å². The molecule has 0 bridgehead atoms. The zero-order valence-electron chi connectivity index (χ0n) is 15.3. The molecule has 138 valence electrons. The van der Waals surface area contributed by atoms with E-state index in [1.165, 1.54) is 5.56 Å². The van der Waals surface area contributed by atoms with Crippen molar-refractivity contribution in [3.05, 3.63) is 76.6 Å². The van der Waals surface area contributed by atoms with Gasteiger partial charge in [0.2, 0.25) is 0 Å². The van der Waals surface area contributed by atoms with Crippen LogP contribution in [0.1, 0.15) is 23.7 Å². The van der Waals surface area contributed by atoms with E-state index in [9.17, 15) is 4.79 Å². The fourth-order valence-electron chi connectivity index (χ4n) is 3.57. The molecular formula is C21H22N4O2. The minimum atomic E-state index is -0.113. The quantitative estimate of drug-likeness (QED) is 0.756. The number of pyridine rings is 1. The molecule has 3 aromatic rings. The number of likely N-dealkylation sites (tertiary alicyclic amines) is 1. The first-order valence-corrected chi connectivity index (χ1v) is 9.08. The van der Waals surface area contributed by atoms with E-state index in [-0.39, 0.29) is 11.5 Å². The Kier molecular flexibility index (Phi) is 4.98. The second kappa shape index (κ2) is 7.72. The molecule has 0 radical (unpaired) electrons. The van der Waals surface area contributed by atoms with Crippen molar-refractivity contribution in [2.75, 3.05) is 20.2 Å². The maximum atomic E-state index is 12.1. The van der Waals surface area contributed by atoms with Gasteiger partial charge in [0, 0.05) is 43.0 Å². The van der Waals surface area contributed by atoms with Crippen molar-refractivity contribution in [2.45, 2.75) is 18.9 Å². The van der Waals surface area contributed by atoms with Gasteiger partial charge in [-0.2, -0.15) is 0 Å². The summed E-state index contributed by atoms with van der Waals surface area (Å²) in [7, 11) is 1.68. The Morgan fingerprint density at radius 1 is 1.22 bits per heavy atom. The second-order valence-corrected chi connectivity index (χ2v) is 6.82. The minimum Gasteiger partial charge on any atom is -0.497 e. The highest BCUT2D eigenvalue weighted by Gasteiger charge is 2.26. The van der Waals surface area contributed by atoms with Gasteiger partial charge >= 0.3 is 0 Å². The highest BCUT2D eigenvalue weighted by atomic mass is 16.5. The summed E-state index contributed by atoms with van der Waals surface area (Å²) in [5.74, 6) is 1.87. The summed E-state index contributed by atoms with van der Waals surface area (Å²) in [6, 6.07) is 13.4. The SMILES string of the molecule is COc1cccc(CN2CC[C@H](c3nc(-c4ccncc4)cc(=O)[nH]3)C2)c1. The fraction of sp³-hybridized carbons (Fsp3) is 0.286. The Balaban J connectivity index is 1.50. The predicted octanol–water partition coefficient (Wildman–Crippen LogP) is 2.83. The zero-order chi connectivity index (χ0) is 18.6. The van der Waals surface area contributed by atoms with Gasteiger partial charge in [-0.25, -0.2) is 4.98 Å². The van der Waals surface area contributed by atoms with Gasteiger partial charge in [0.05, 0.1) is 12.8 Å². The maximum absolute atomic E-state index is 12.1. The van der Waals surface area contributed by atoms with Gasteiger partial charge in [-0.3, -0.25) is 14.7 Å². The molecule has 1 aromatic carbocycles. The molecule has 0 saturated carbocycles. The maximum Gasteiger partial charge on any atom is 0.251 e. The average Bonchev–Trinajstić information content (AvgIpc) is 3.17. The van der Waals surface area contributed by atoms with Gasteiger partial charge in [-0.05, 0) is 42.8 Å². The Morgan fingerprint density at radius 3 is 2.89 bits per heavy atom. The van der Waals surface area contributed by atoms with Crippen molar-refractivity contribution >= 4 is 0 Å². The summed E-state index contributed by atoms with van der Waals surface area (Å²) in [5.41, 5.74) is 2.71. The van der Waals surface area contributed by atoms with Crippen LogP contribution in [0.4, 0.5) is 0 Å². The first-order valence-electron chi connectivity index (χ1n) is 9.08. The van der Waals surface area contributed by atoms with Crippen molar-refractivity contribution in [3.8, 4) is 17.0 Å². The lowest BCUT2D eigenvalue weighted by molar-refractivity contribution is 0.324. The van der Waals surface area contributed by atoms with Gasteiger partial charge in [-0.1, -0.05) is 12.1 Å². The van der Waals surface area contributed by atoms with Gasteiger partial charge in [0.25, 0.3) is 5.56 Å². The molecule has 0 unspecified atom stereocenters. The number of nitrogens with zero attached hydrogens (tertiary/aromatic N) is 3. The molecule has 0 spiro atoms. The van der Waals surface area contributed by atoms with Gasteiger partial charge < -0.3 is 9.72 Å². The molecule has 27 heavy (non-hydrogen) atoms. The van der Waals surface area contributed by atoms with Crippen LogP contribution in [0.3, 0.4) is 0 Å². The summed E-state index contributed by atoms with van der Waals surface area (Å²) in [4.78, 5) is 26.2. The fourth-order valence-corrected chi connectivity index (χ4v) is 3.57. The lowest BCUT2D eigenvalue weighted by Crippen LogP contribution is -2.21. The summed E-state index contributed by atoms with van der Waals surface area (Å²) < 4.78 is 5.31. The van der Waals surface area contributed by atoms with Gasteiger partial charge in [0.15, 0.2) is 0 Å². The molecule has 0 amide bonds. The lowest BCUT2D eigenvalue weighted by Gasteiger charge is -2.16. The lowest BCUT2D eigenvalue weighted by atomic mass is 10.1. The number of H-pyrrole nitrogens is 1. The van der Waals surface area contributed by atoms with Crippen LogP contribution in [0.2, 0.25) is 0 Å². The molecule has 1 aliphatic heterocycles. The summed E-state index contributed by atoms with van der Waals surface area (Å²) in [5, 5.41) is 0. The molecular weight excluding hydrogens is 340 g/mol. The monoisotopic (exact) mass is 362 g/mol. The first-order chi connectivity index (χ1) is 13.2. The normalized spacial score (nSPS) is 17.1. The van der Waals surface area contributed by atoms with Crippen LogP contribution in [0.25, 0.3) is 11.3 Å². The molecule has 1 atom stereocenters. The predicted molar refractivity (Wildman–Crippen MR) is 104 cm³/mol. The van der Waals surface area contributed by atoms with E-state index in [0.29, 0.717) is 5.69 Å². The number of benzene rings is 1. The second-order valence-electron chi connectivity index (χ2n) is 6.82. The van der Waals surface area contributed by atoms with Gasteiger partial charge in [-0.15, -0.1) is 0 Å². The smallest absolute Gasteiger partial charge is 0.251 e. The van der Waals surface area contributed by atoms with E-state index in [1.54, 1.807) is 25.6 Å². The number of nitrogens with one attached hydrogen (secondary N) is 1. The number of methoxy groups -OCH3 is 1. The van der Waals surface area contributed by atoms with Crippen molar-refractivity contribution in [1.82, 2.24) is 19.9 Å². The van der Waals surface area contributed by atoms with Crippen LogP contribution in [-0.4, -0.2) is 40.1 Å². The van der Waals surface area contributed by atoms with Crippen LogP contribution in [0.15, 0.2) is 59.7 Å². The largest absolute Gasteiger partial charge is 0.497 e. The van der Waals surface area contributed by atoms with E-state index in [0.717, 1.165) is 43.2 Å². The van der Waals surface area contributed by atoms with E-state index in [1.807, 2.05) is 24.3 Å². The van der Waals surface area contributed by atoms with Crippen molar-refractivity contribution in [3.63, 3.8) is 0 Å². The van der Waals surface area contributed by atoms with E-state index >= 15 is 0 Å². The van der Waals surface area contributed by atoms with Crippen LogP contribution < -0.4 is 10.3 Å². The molecule has 2 aromatic heterocycles. The third-order valence-electron chi connectivity index (χ3n) is 4.94. The molecule has 6 nitrogen and oxygen atoms in total.